The summed E-state index contributed by atoms with van der Waals surface area (Å²) in [6, 6.07) is 12.4. The lowest BCUT2D eigenvalue weighted by atomic mass is 10.1. The lowest BCUT2D eigenvalue weighted by molar-refractivity contribution is 0.0384. The molecule has 1 amide bonds. The average Bonchev–Trinajstić information content (AvgIpc) is 3.22. The molecule has 200 valence electrons. The summed E-state index contributed by atoms with van der Waals surface area (Å²) in [6.07, 6.45) is 0.964. The Bertz CT molecular complexity index is 1170. The summed E-state index contributed by atoms with van der Waals surface area (Å²) < 4.78 is 21.5. The molecule has 8 heteroatoms. The molecular weight excluding hydrogens is 469 g/mol. The highest BCUT2D eigenvalue weighted by Crippen LogP contribution is 2.21. The smallest absolute Gasteiger partial charge is 0.254 e. The summed E-state index contributed by atoms with van der Waals surface area (Å²) >= 11 is 0. The van der Waals surface area contributed by atoms with E-state index in [-0.39, 0.29) is 11.8 Å². The van der Waals surface area contributed by atoms with Crippen LogP contribution in [0.5, 0.6) is 0 Å². The van der Waals surface area contributed by atoms with Gasteiger partial charge in [0, 0.05) is 51.4 Å². The third-order valence-corrected chi connectivity index (χ3v) is 6.65. The highest BCUT2D eigenvalue weighted by Gasteiger charge is 2.21. The van der Waals surface area contributed by atoms with Gasteiger partial charge in [0.15, 0.2) is 0 Å². The molecular formula is C29H40FN5O2. The van der Waals surface area contributed by atoms with Crippen LogP contribution in [-0.4, -0.2) is 71.2 Å². The SMILES string of the molecule is CCCn1c(CN(CC(C)C)C(=O)c2cccc(F)c2)nc2cc(CNCCN3CCOCC3)ccc21. The van der Waals surface area contributed by atoms with Crippen molar-refractivity contribution in [1.29, 1.82) is 0 Å². The topological polar surface area (TPSA) is 62.6 Å². The van der Waals surface area contributed by atoms with Crippen molar-refractivity contribution in [3.63, 3.8) is 0 Å². The lowest BCUT2D eigenvalue weighted by Crippen LogP contribution is -2.40. The van der Waals surface area contributed by atoms with Crippen LogP contribution in [0.1, 0.15) is 48.9 Å². The third kappa shape index (κ3) is 7.37. The number of rotatable bonds is 12. The number of aromatic nitrogens is 2. The summed E-state index contributed by atoms with van der Waals surface area (Å²) in [7, 11) is 0. The molecule has 3 aromatic rings. The van der Waals surface area contributed by atoms with E-state index in [4.69, 9.17) is 9.72 Å². The van der Waals surface area contributed by atoms with Crippen LogP contribution in [0.25, 0.3) is 11.0 Å². The van der Waals surface area contributed by atoms with Crippen LogP contribution in [0, 0.1) is 11.7 Å². The number of aryl methyl sites for hydroxylation is 1. The van der Waals surface area contributed by atoms with Gasteiger partial charge in [-0.05, 0) is 48.2 Å². The maximum absolute atomic E-state index is 13.8. The van der Waals surface area contributed by atoms with Crippen molar-refractivity contribution < 1.29 is 13.9 Å². The highest BCUT2D eigenvalue weighted by atomic mass is 19.1. The van der Waals surface area contributed by atoms with E-state index in [0.29, 0.717) is 18.7 Å². The maximum atomic E-state index is 13.8. The molecule has 1 saturated heterocycles. The third-order valence-electron chi connectivity index (χ3n) is 6.65. The first-order valence-corrected chi connectivity index (χ1v) is 13.5. The van der Waals surface area contributed by atoms with Gasteiger partial charge in [-0.2, -0.15) is 0 Å². The van der Waals surface area contributed by atoms with Crippen molar-refractivity contribution in [2.24, 2.45) is 5.92 Å². The molecule has 0 atom stereocenters. The fourth-order valence-corrected chi connectivity index (χ4v) is 4.86. The van der Waals surface area contributed by atoms with Gasteiger partial charge in [-0.1, -0.05) is 32.9 Å². The number of benzene rings is 2. The number of ether oxygens (including phenoxy) is 1. The van der Waals surface area contributed by atoms with Gasteiger partial charge in [-0.3, -0.25) is 9.69 Å². The van der Waals surface area contributed by atoms with E-state index in [1.165, 1.54) is 17.7 Å². The Morgan fingerprint density at radius 1 is 1.16 bits per heavy atom. The summed E-state index contributed by atoms with van der Waals surface area (Å²) in [6.45, 7) is 14.5. The van der Waals surface area contributed by atoms with Gasteiger partial charge < -0.3 is 19.5 Å². The number of fused-ring (bicyclic) bond motifs is 1. The number of imidazole rings is 1. The van der Waals surface area contributed by atoms with Gasteiger partial charge in [0.05, 0.1) is 30.8 Å². The van der Waals surface area contributed by atoms with Crippen molar-refractivity contribution in [2.45, 2.75) is 46.8 Å². The minimum Gasteiger partial charge on any atom is -0.379 e. The number of carbonyl (C=O) groups is 1. The van der Waals surface area contributed by atoms with Gasteiger partial charge in [0.1, 0.15) is 11.6 Å². The largest absolute Gasteiger partial charge is 0.379 e. The minimum absolute atomic E-state index is 0.173. The van der Waals surface area contributed by atoms with E-state index in [1.807, 2.05) is 0 Å². The molecule has 1 fully saturated rings. The first-order valence-electron chi connectivity index (χ1n) is 13.5. The van der Waals surface area contributed by atoms with Gasteiger partial charge >= 0.3 is 0 Å². The quantitative estimate of drug-likeness (QED) is 0.369. The number of nitrogens with one attached hydrogen (secondary N) is 1. The first-order chi connectivity index (χ1) is 17.9. The number of morpholine rings is 1. The zero-order valence-corrected chi connectivity index (χ0v) is 22.4. The molecule has 1 aliphatic rings. The number of hydrogen-bond acceptors (Lipinski definition) is 5. The summed E-state index contributed by atoms with van der Waals surface area (Å²) in [5.41, 5.74) is 3.58. The van der Waals surface area contributed by atoms with E-state index in [0.717, 1.165) is 75.8 Å². The molecule has 1 aliphatic heterocycles. The van der Waals surface area contributed by atoms with Crippen LogP contribution in [0.2, 0.25) is 0 Å². The van der Waals surface area contributed by atoms with Crippen LogP contribution in [0.15, 0.2) is 42.5 Å². The number of halogens is 1. The molecule has 2 heterocycles. The van der Waals surface area contributed by atoms with Crippen molar-refractivity contribution in [1.82, 2.24) is 24.7 Å². The Labute approximate surface area is 219 Å². The summed E-state index contributed by atoms with van der Waals surface area (Å²) in [4.78, 5) is 22.5. The molecule has 1 N–H and O–H groups in total. The number of hydrogen-bond donors (Lipinski definition) is 1. The molecule has 0 spiro atoms. The van der Waals surface area contributed by atoms with Crippen molar-refractivity contribution in [2.75, 3.05) is 45.9 Å². The monoisotopic (exact) mass is 509 g/mol. The van der Waals surface area contributed by atoms with Crippen molar-refractivity contribution in [3.8, 4) is 0 Å². The fourth-order valence-electron chi connectivity index (χ4n) is 4.86. The van der Waals surface area contributed by atoms with Crippen LogP contribution < -0.4 is 5.32 Å². The summed E-state index contributed by atoms with van der Waals surface area (Å²) in [5.74, 6) is 0.560. The number of carbonyl (C=O) groups excluding carboxylic acids is 1. The maximum Gasteiger partial charge on any atom is 0.254 e. The molecule has 2 aromatic carbocycles. The molecule has 0 aliphatic carbocycles. The summed E-state index contributed by atoms with van der Waals surface area (Å²) in [5, 5.41) is 3.55. The van der Waals surface area contributed by atoms with Crippen LogP contribution >= 0.6 is 0 Å². The standard InChI is InChI=1S/C29H40FN5O2/c1-4-11-35-27-9-8-23(19-31-10-12-33-13-15-37-16-14-33)17-26(27)32-28(35)21-34(20-22(2)3)29(36)24-6-5-7-25(30)18-24/h5-9,17-18,22,31H,4,10-16,19-21H2,1-3H3. The molecule has 0 radical (unpaired) electrons. The predicted octanol–water partition coefficient (Wildman–Crippen LogP) is 4.31. The van der Waals surface area contributed by atoms with Crippen LogP contribution in [0.4, 0.5) is 4.39 Å². The molecule has 7 nitrogen and oxygen atoms in total. The molecule has 0 unspecified atom stereocenters. The lowest BCUT2D eigenvalue weighted by Gasteiger charge is -2.26. The van der Waals surface area contributed by atoms with E-state index >= 15 is 0 Å². The Hall–Kier alpha value is -2.81. The fraction of sp³-hybridized carbons (Fsp3) is 0.517. The molecule has 0 bridgehead atoms. The average molecular weight is 510 g/mol. The van der Waals surface area contributed by atoms with E-state index in [9.17, 15) is 9.18 Å². The van der Waals surface area contributed by atoms with Crippen molar-refractivity contribution in [3.05, 3.63) is 65.2 Å². The van der Waals surface area contributed by atoms with E-state index in [1.54, 1.807) is 17.0 Å². The van der Waals surface area contributed by atoms with Crippen LogP contribution in [-0.2, 0) is 24.4 Å². The highest BCUT2D eigenvalue weighted by molar-refractivity contribution is 5.94. The number of amides is 1. The zero-order valence-electron chi connectivity index (χ0n) is 22.4. The molecule has 1 aromatic heterocycles. The van der Waals surface area contributed by atoms with Crippen LogP contribution in [0.3, 0.4) is 0 Å². The minimum atomic E-state index is -0.403. The van der Waals surface area contributed by atoms with Gasteiger partial charge in [0.2, 0.25) is 0 Å². The second kappa shape index (κ2) is 13.1. The Kier molecular flexibility index (Phi) is 9.66. The second-order valence-electron chi connectivity index (χ2n) is 10.2. The normalized spacial score (nSPS) is 14.5. The van der Waals surface area contributed by atoms with Gasteiger partial charge in [0.25, 0.3) is 5.91 Å². The Balaban J connectivity index is 1.49. The number of nitrogens with zero attached hydrogens (tertiary/aromatic N) is 4. The first kappa shape index (κ1) is 27.2. The van der Waals surface area contributed by atoms with E-state index < -0.39 is 5.82 Å². The predicted molar refractivity (Wildman–Crippen MR) is 145 cm³/mol. The zero-order chi connectivity index (χ0) is 26.2. The van der Waals surface area contributed by atoms with Crippen molar-refractivity contribution >= 4 is 16.9 Å². The van der Waals surface area contributed by atoms with Gasteiger partial charge in [-0.25, -0.2) is 9.37 Å². The molecule has 0 saturated carbocycles. The molecule has 37 heavy (non-hydrogen) atoms. The Morgan fingerprint density at radius 2 is 1.97 bits per heavy atom. The van der Waals surface area contributed by atoms with E-state index in [2.05, 4.69) is 53.8 Å². The Morgan fingerprint density at radius 3 is 2.70 bits per heavy atom. The van der Waals surface area contributed by atoms with Gasteiger partial charge in [-0.15, -0.1) is 0 Å². The second-order valence-corrected chi connectivity index (χ2v) is 10.2. The molecule has 4 rings (SSSR count).